The molecule has 2 heteroatoms. The summed E-state index contributed by atoms with van der Waals surface area (Å²) in [5.74, 6) is -0.293. The van der Waals surface area contributed by atoms with Gasteiger partial charge in [0.15, 0.2) is 0 Å². The summed E-state index contributed by atoms with van der Waals surface area (Å²) in [6, 6.07) is 0. The Morgan fingerprint density at radius 2 is 2.17 bits per heavy atom. The third kappa shape index (κ3) is 2.66. The van der Waals surface area contributed by atoms with E-state index < -0.39 is 0 Å². The summed E-state index contributed by atoms with van der Waals surface area (Å²) in [7, 11) is 0. The first kappa shape index (κ1) is 8.65. The highest BCUT2D eigenvalue weighted by Crippen LogP contribution is 2.06. The summed E-state index contributed by atoms with van der Waals surface area (Å²) in [6.45, 7) is 2.21. The number of allylic oxidation sites excluding steroid dienone is 7. The van der Waals surface area contributed by atoms with Crippen molar-refractivity contribution in [2.75, 3.05) is 6.61 Å². The van der Waals surface area contributed by atoms with E-state index in [-0.39, 0.29) is 5.95 Å². The second-order valence-electron chi connectivity index (χ2n) is 2.30. The molecule has 1 aliphatic rings. The van der Waals surface area contributed by atoms with Crippen molar-refractivity contribution in [1.82, 2.24) is 0 Å². The fraction of sp³-hybridized carbons (Fsp3) is 0.200. The molecule has 0 bridgehead atoms. The number of ether oxygens (including phenoxy) is 1. The van der Waals surface area contributed by atoms with Crippen LogP contribution in [-0.2, 0) is 4.74 Å². The van der Waals surface area contributed by atoms with Gasteiger partial charge in [-0.15, -0.1) is 0 Å². The smallest absolute Gasteiger partial charge is 0.0512 e. The largest absolute Gasteiger partial charge is 0.614 e. The molecule has 0 radical (unpaired) electrons. The van der Waals surface area contributed by atoms with Crippen LogP contribution in [0.3, 0.4) is 0 Å². The molecule has 0 unspecified atom stereocenters. The molecule has 0 heterocycles. The van der Waals surface area contributed by atoms with Gasteiger partial charge in [0, 0.05) is 0 Å². The van der Waals surface area contributed by atoms with Gasteiger partial charge in [0.2, 0.25) is 0 Å². The van der Waals surface area contributed by atoms with Crippen LogP contribution in [0.2, 0.25) is 0 Å². The highest BCUT2D eigenvalue weighted by Gasteiger charge is 1.87. The first-order valence-electron chi connectivity index (χ1n) is 3.89. The van der Waals surface area contributed by atoms with Gasteiger partial charge in [-0.3, -0.25) is 0 Å². The summed E-state index contributed by atoms with van der Waals surface area (Å²) in [5, 5.41) is 10.8. The molecule has 0 N–H and O–H groups in total. The van der Waals surface area contributed by atoms with Gasteiger partial charge >= 0.3 is 0 Å². The van der Waals surface area contributed by atoms with E-state index in [1.165, 1.54) is 6.08 Å². The Labute approximate surface area is 72.2 Å². The molecule has 0 amide bonds. The molecule has 0 saturated heterocycles. The van der Waals surface area contributed by atoms with E-state index >= 15 is 0 Å². The quantitative estimate of drug-likeness (QED) is 0.587. The molecule has 1 aliphatic carbocycles. The van der Waals surface area contributed by atoms with Crippen LogP contribution in [0, 0.1) is 0 Å². The first-order chi connectivity index (χ1) is 5.83. The molecule has 0 aromatic heterocycles. The minimum atomic E-state index is -0.293. The van der Waals surface area contributed by atoms with Crippen molar-refractivity contribution in [1.29, 1.82) is 0 Å². The standard InChI is InChI=1S/C10H12O2/c1-2-12-10(11)8-7-9-5-3-4-6-9/h3-8,11H,2H2,1H3/p-1/b10-8+. The van der Waals surface area contributed by atoms with Crippen LogP contribution in [-0.4, -0.2) is 6.61 Å². The zero-order valence-corrected chi connectivity index (χ0v) is 6.99. The summed E-state index contributed by atoms with van der Waals surface area (Å²) < 4.78 is 4.71. The molecule has 0 aromatic rings. The summed E-state index contributed by atoms with van der Waals surface area (Å²) >= 11 is 0. The summed E-state index contributed by atoms with van der Waals surface area (Å²) in [6.07, 6.45) is 10.9. The molecular weight excluding hydrogens is 152 g/mol. The van der Waals surface area contributed by atoms with Crippen molar-refractivity contribution < 1.29 is 9.84 Å². The molecule has 0 aromatic carbocycles. The topological polar surface area (TPSA) is 32.3 Å². The van der Waals surface area contributed by atoms with E-state index in [0.717, 1.165) is 5.57 Å². The van der Waals surface area contributed by atoms with E-state index in [4.69, 9.17) is 4.74 Å². The lowest BCUT2D eigenvalue weighted by molar-refractivity contribution is -0.356. The van der Waals surface area contributed by atoms with Gasteiger partial charge in [-0.25, -0.2) is 0 Å². The average Bonchev–Trinajstić information content (AvgIpc) is 2.53. The van der Waals surface area contributed by atoms with E-state index in [9.17, 15) is 5.11 Å². The molecule has 64 valence electrons. The van der Waals surface area contributed by atoms with E-state index in [0.29, 0.717) is 6.61 Å². The van der Waals surface area contributed by atoms with Gasteiger partial charge in [-0.05, 0) is 18.3 Å². The van der Waals surface area contributed by atoms with Gasteiger partial charge < -0.3 is 9.84 Å². The van der Waals surface area contributed by atoms with Crippen LogP contribution in [0.15, 0.2) is 48.0 Å². The van der Waals surface area contributed by atoms with Gasteiger partial charge in [-0.2, -0.15) is 0 Å². The fourth-order valence-corrected chi connectivity index (χ4v) is 0.855. The zero-order valence-electron chi connectivity index (χ0n) is 6.99. The maximum atomic E-state index is 10.8. The lowest BCUT2D eigenvalue weighted by atomic mass is 10.3. The van der Waals surface area contributed by atoms with Crippen molar-refractivity contribution in [3.63, 3.8) is 0 Å². The van der Waals surface area contributed by atoms with Gasteiger partial charge in [0.05, 0.1) is 5.95 Å². The first-order valence-corrected chi connectivity index (χ1v) is 3.89. The lowest BCUT2D eigenvalue weighted by Crippen LogP contribution is -2.06. The minimum Gasteiger partial charge on any atom is -0.614 e. The van der Waals surface area contributed by atoms with Gasteiger partial charge in [0.25, 0.3) is 0 Å². The van der Waals surface area contributed by atoms with E-state index in [1.54, 1.807) is 13.0 Å². The Morgan fingerprint density at radius 3 is 2.75 bits per heavy atom. The number of rotatable bonds is 3. The van der Waals surface area contributed by atoms with Gasteiger partial charge in [-0.1, -0.05) is 37.3 Å². The average molecular weight is 163 g/mol. The van der Waals surface area contributed by atoms with Crippen LogP contribution < -0.4 is 5.11 Å². The second kappa shape index (κ2) is 4.44. The van der Waals surface area contributed by atoms with Gasteiger partial charge in [0.1, 0.15) is 0 Å². The van der Waals surface area contributed by atoms with Crippen molar-refractivity contribution in [2.45, 2.75) is 6.92 Å². The minimum absolute atomic E-state index is 0.293. The van der Waals surface area contributed by atoms with Crippen molar-refractivity contribution >= 4 is 0 Å². The highest BCUT2D eigenvalue weighted by atomic mass is 16.6. The SMILES string of the molecule is CCO/C([O-])=C/C=C1C=CC=C1. The molecular formula is C10H11O2-. The van der Waals surface area contributed by atoms with Crippen LogP contribution in [0.1, 0.15) is 6.92 Å². The fourth-order valence-electron chi connectivity index (χ4n) is 0.855. The molecule has 0 fully saturated rings. The number of hydrogen-bond donors (Lipinski definition) is 0. The van der Waals surface area contributed by atoms with Crippen LogP contribution >= 0.6 is 0 Å². The Kier molecular flexibility index (Phi) is 3.20. The molecule has 1 rings (SSSR count). The van der Waals surface area contributed by atoms with Crippen molar-refractivity contribution in [3.05, 3.63) is 48.0 Å². The molecule has 0 atom stereocenters. The molecule has 0 aliphatic heterocycles. The Hall–Kier alpha value is -1.44. The Bertz CT molecular complexity index is 243. The number of hydrogen-bond acceptors (Lipinski definition) is 2. The van der Waals surface area contributed by atoms with E-state index in [2.05, 4.69) is 0 Å². The second-order valence-corrected chi connectivity index (χ2v) is 2.30. The Morgan fingerprint density at radius 1 is 1.50 bits per heavy atom. The zero-order chi connectivity index (χ0) is 8.81. The monoisotopic (exact) mass is 163 g/mol. The third-order valence-electron chi connectivity index (χ3n) is 1.39. The van der Waals surface area contributed by atoms with E-state index in [1.807, 2.05) is 24.3 Å². The predicted octanol–water partition coefficient (Wildman–Crippen LogP) is 1.28. The summed E-state index contributed by atoms with van der Waals surface area (Å²) in [5.41, 5.74) is 1.02. The summed E-state index contributed by atoms with van der Waals surface area (Å²) in [4.78, 5) is 0. The van der Waals surface area contributed by atoms with Crippen LogP contribution in [0.25, 0.3) is 0 Å². The molecule has 0 spiro atoms. The maximum absolute atomic E-state index is 10.8. The van der Waals surface area contributed by atoms with Crippen molar-refractivity contribution in [3.8, 4) is 0 Å². The third-order valence-corrected chi connectivity index (χ3v) is 1.39. The molecule has 0 saturated carbocycles. The highest BCUT2D eigenvalue weighted by molar-refractivity contribution is 5.41. The van der Waals surface area contributed by atoms with Crippen LogP contribution in [0.5, 0.6) is 0 Å². The molecule has 2 nitrogen and oxygen atoms in total. The Balaban J connectivity index is 2.51. The maximum Gasteiger partial charge on any atom is 0.0512 e. The predicted molar refractivity (Wildman–Crippen MR) is 46.1 cm³/mol. The van der Waals surface area contributed by atoms with Crippen molar-refractivity contribution in [2.24, 2.45) is 0 Å². The van der Waals surface area contributed by atoms with Crippen LogP contribution in [0.4, 0.5) is 0 Å². The molecule has 12 heavy (non-hydrogen) atoms. The normalized spacial score (nSPS) is 15.4. The lowest BCUT2D eigenvalue weighted by Gasteiger charge is -2.10.